The third-order valence-electron chi connectivity index (χ3n) is 2.23. The van der Waals surface area contributed by atoms with E-state index in [0.29, 0.717) is 6.04 Å². The summed E-state index contributed by atoms with van der Waals surface area (Å²) < 4.78 is 0. The van der Waals surface area contributed by atoms with Crippen LogP contribution in [0.2, 0.25) is 0 Å². The molecule has 1 N–H and O–H groups in total. The number of rotatable bonds is 5. The van der Waals surface area contributed by atoms with E-state index >= 15 is 0 Å². The third kappa shape index (κ3) is 3.43. The Labute approximate surface area is 95.7 Å². The number of thiophene rings is 1. The van der Waals surface area contributed by atoms with Gasteiger partial charge in [-0.3, -0.25) is 4.79 Å². The number of carbonyl (C=O) groups is 1. The summed E-state index contributed by atoms with van der Waals surface area (Å²) in [6.07, 6.45) is 0. The molecule has 1 unspecified atom stereocenters. The summed E-state index contributed by atoms with van der Waals surface area (Å²) in [7, 11) is 0. The van der Waals surface area contributed by atoms with Crippen LogP contribution in [0.15, 0.2) is 16.8 Å². The van der Waals surface area contributed by atoms with Gasteiger partial charge in [0.1, 0.15) is 0 Å². The SMILES string of the molecule is CC(C)NC(C(=O)C(C)C)c1ccsc1. The van der Waals surface area contributed by atoms with Crippen LogP contribution in [0.4, 0.5) is 0 Å². The summed E-state index contributed by atoms with van der Waals surface area (Å²) in [5, 5.41) is 7.37. The second-order valence-electron chi connectivity index (χ2n) is 4.37. The van der Waals surface area contributed by atoms with E-state index in [9.17, 15) is 4.79 Å². The topological polar surface area (TPSA) is 29.1 Å². The van der Waals surface area contributed by atoms with Gasteiger partial charge in [0.15, 0.2) is 5.78 Å². The van der Waals surface area contributed by atoms with Gasteiger partial charge in [0.05, 0.1) is 6.04 Å². The van der Waals surface area contributed by atoms with Gasteiger partial charge in [-0.15, -0.1) is 0 Å². The molecule has 1 aromatic heterocycles. The summed E-state index contributed by atoms with van der Waals surface area (Å²) in [6.45, 7) is 8.02. The minimum Gasteiger partial charge on any atom is -0.302 e. The molecule has 0 aliphatic rings. The molecule has 0 spiro atoms. The molecule has 1 rings (SSSR count). The van der Waals surface area contributed by atoms with E-state index in [0.717, 1.165) is 5.56 Å². The van der Waals surface area contributed by atoms with Crippen molar-refractivity contribution in [3.63, 3.8) is 0 Å². The van der Waals surface area contributed by atoms with Crippen molar-refractivity contribution in [2.45, 2.75) is 39.8 Å². The summed E-state index contributed by atoms with van der Waals surface area (Å²) >= 11 is 1.63. The monoisotopic (exact) mass is 225 g/mol. The Bertz CT molecular complexity index is 303. The summed E-state index contributed by atoms with van der Waals surface area (Å²) in [5.41, 5.74) is 1.09. The van der Waals surface area contributed by atoms with Gasteiger partial charge in [-0.25, -0.2) is 0 Å². The van der Waals surface area contributed by atoms with Gasteiger partial charge in [0.2, 0.25) is 0 Å². The van der Waals surface area contributed by atoms with Gasteiger partial charge in [-0.2, -0.15) is 11.3 Å². The van der Waals surface area contributed by atoms with Crippen molar-refractivity contribution in [3.8, 4) is 0 Å². The van der Waals surface area contributed by atoms with E-state index in [-0.39, 0.29) is 17.7 Å². The molecule has 0 bridgehead atoms. The zero-order valence-corrected chi connectivity index (χ0v) is 10.6. The van der Waals surface area contributed by atoms with E-state index in [1.54, 1.807) is 11.3 Å². The Hall–Kier alpha value is -0.670. The van der Waals surface area contributed by atoms with E-state index < -0.39 is 0 Å². The first-order valence-electron chi connectivity index (χ1n) is 5.34. The average Bonchev–Trinajstić information content (AvgIpc) is 2.65. The second kappa shape index (κ2) is 5.42. The Morgan fingerprint density at radius 2 is 2.00 bits per heavy atom. The van der Waals surface area contributed by atoms with Crippen LogP contribution in [-0.2, 0) is 4.79 Å². The molecular formula is C12H19NOS. The van der Waals surface area contributed by atoms with E-state index in [1.165, 1.54) is 0 Å². The molecule has 1 heterocycles. The molecule has 15 heavy (non-hydrogen) atoms. The smallest absolute Gasteiger partial charge is 0.156 e. The largest absolute Gasteiger partial charge is 0.302 e. The predicted octanol–water partition coefficient (Wildman–Crippen LogP) is 3.01. The first kappa shape index (κ1) is 12.4. The van der Waals surface area contributed by atoms with Gasteiger partial charge < -0.3 is 5.32 Å². The van der Waals surface area contributed by atoms with Crippen molar-refractivity contribution >= 4 is 17.1 Å². The Kier molecular flexibility index (Phi) is 4.48. The molecule has 1 atom stereocenters. The number of ketones is 1. The molecule has 84 valence electrons. The molecule has 1 aromatic rings. The summed E-state index contributed by atoms with van der Waals surface area (Å²) in [6, 6.07) is 2.19. The average molecular weight is 225 g/mol. The molecule has 0 amide bonds. The lowest BCUT2D eigenvalue weighted by atomic mass is 9.97. The van der Waals surface area contributed by atoms with Gasteiger partial charge >= 0.3 is 0 Å². The van der Waals surface area contributed by atoms with Crippen LogP contribution in [0, 0.1) is 5.92 Å². The Morgan fingerprint density at radius 3 is 2.40 bits per heavy atom. The normalized spacial score (nSPS) is 13.5. The Balaban J connectivity index is 2.83. The molecule has 0 fully saturated rings. The van der Waals surface area contributed by atoms with Crippen molar-refractivity contribution in [2.24, 2.45) is 5.92 Å². The second-order valence-corrected chi connectivity index (χ2v) is 5.15. The fraction of sp³-hybridized carbons (Fsp3) is 0.583. The number of nitrogens with one attached hydrogen (secondary N) is 1. The Morgan fingerprint density at radius 1 is 1.33 bits per heavy atom. The van der Waals surface area contributed by atoms with Crippen molar-refractivity contribution in [2.75, 3.05) is 0 Å². The highest BCUT2D eigenvalue weighted by atomic mass is 32.1. The number of hydrogen-bond donors (Lipinski definition) is 1. The number of Topliss-reactive ketones (excluding diaryl/α,β-unsaturated/α-hetero) is 1. The third-order valence-corrected chi connectivity index (χ3v) is 2.93. The zero-order valence-electron chi connectivity index (χ0n) is 9.78. The van der Waals surface area contributed by atoms with Crippen molar-refractivity contribution in [1.82, 2.24) is 5.32 Å². The van der Waals surface area contributed by atoms with Crippen molar-refractivity contribution < 1.29 is 4.79 Å². The summed E-state index contributed by atoms with van der Waals surface area (Å²) in [4.78, 5) is 12.0. The van der Waals surface area contributed by atoms with Crippen molar-refractivity contribution in [3.05, 3.63) is 22.4 Å². The molecule has 0 radical (unpaired) electrons. The van der Waals surface area contributed by atoms with Gasteiger partial charge in [-0.1, -0.05) is 13.8 Å². The van der Waals surface area contributed by atoms with Crippen LogP contribution in [0.5, 0.6) is 0 Å². The molecule has 3 heteroatoms. The lowest BCUT2D eigenvalue weighted by Gasteiger charge is -2.21. The predicted molar refractivity (Wildman–Crippen MR) is 65.2 cm³/mol. The van der Waals surface area contributed by atoms with Gasteiger partial charge in [0, 0.05) is 12.0 Å². The molecule has 0 saturated heterocycles. The molecule has 0 aliphatic heterocycles. The van der Waals surface area contributed by atoms with E-state index in [2.05, 4.69) is 19.2 Å². The van der Waals surface area contributed by atoms with Gasteiger partial charge in [-0.05, 0) is 36.2 Å². The summed E-state index contributed by atoms with van der Waals surface area (Å²) in [5.74, 6) is 0.336. The van der Waals surface area contributed by atoms with E-state index in [1.807, 2.05) is 30.7 Å². The standard InChI is InChI=1S/C12H19NOS/c1-8(2)12(14)11(13-9(3)4)10-5-6-15-7-10/h5-9,11,13H,1-4H3. The maximum atomic E-state index is 12.0. The van der Waals surface area contributed by atoms with Crippen LogP contribution < -0.4 is 5.32 Å². The van der Waals surface area contributed by atoms with E-state index in [4.69, 9.17) is 0 Å². The quantitative estimate of drug-likeness (QED) is 0.834. The number of hydrogen-bond acceptors (Lipinski definition) is 3. The minimum absolute atomic E-state index is 0.0705. The molecule has 0 aliphatic carbocycles. The van der Waals surface area contributed by atoms with Crippen LogP contribution in [0.1, 0.15) is 39.3 Å². The maximum Gasteiger partial charge on any atom is 0.156 e. The minimum atomic E-state index is -0.142. The molecule has 0 aromatic carbocycles. The fourth-order valence-corrected chi connectivity index (χ4v) is 2.13. The lowest BCUT2D eigenvalue weighted by molar-refractivity contribution is -0.124. The highest BCUT2D eigenvalue weighted by Crippen LogP contribution is 2.21. The molecule has 0 saturated carbocycles. The van der Waals surface area contributed by atoms with Crippen LogP contribution >= 0.6 is 11.3 Å². The first-order valence-corrected chi connectivity index (χ1v) is 6.28. The maximum absolute atomic E-state index is 12.0. The number of carbonyl (C=O) groups excluding carboxylic acids is 1. The zero-order chi connectivity index (χ0) is 11.4. The van der Waals surface area contributed by atoms with Crippen molar-refractivity contribution in [1.29, 1.82) is 0 Å². The lowest BCUT2D eigenvalue weighted by Crippen LogP contribution is -2.35. The molecular weight excluding hydrogens is 206 g/mol. The highest BCUT2D eigenvalue weighted by Gasteiger charge is 2.23. The van der Waals surface area contributed by atoms with Crippen LogP contribution in [0.25, 0.3) is 0 Å². The first-order chi connectivity index (χ1) is 7.02. The van der Waals surface area contributed by atoms with Gasteiger partial charge in [0.25, 0.3) is 0 Å². The fourth-order valence-electron chi connectivity index (χ4n) is 1.45. The van der Waals surface area contributed by atoms with Crippen LogP contribution in [-0.4, -0.2) is 11.8 Å². The molecule has 2 nitrogen and oxygen atoms in total. The van der Waals surface area contributed by atoms with Crippen LogP contribution in [0.3, 0.4) is 0 Å². The highest BCUT2D eigenvalue weighted by molar-refractivity contribution is 7.08.